The lowest BCUT2D eigenvalue weighted by Gasteiger charge is -2.30. The molecule has 1 N–H and O–H groups in total. The SMILES string of the molecule is COC(=O)C1=C(C#N)NC(C)=C(C(=O)[O-])C1c1cccc([N+](=O)[O-])c1. The molecule has 0 spiro atoms. The molecule has 1 atom stereocenters. The van der Waals surface area contributed by atoms with Gasteiger partial charge in [0.15, 0.2) is 0 Å². The molecule has 0 fully saturated rings. The van der Waals surface area contributed by atoms with Crippen molar-refractivity contribution in [2.24, 2.45) is 0 Å². The smallest absolute Gasteiger partial charge is 0.337 e. The van der Waals surface area contributed by atoms with Crippen LogP contribution in [0, 0.1) is 21.4 Å². The fourth-order valence-corrected chi connectivity index (χ4v) is 2.67. The highest BCUT2D eigenvalue weighted by Crippen LogP contribution is 2.39. The van der Waals surface area contributed by atoms with Crippen LogP contribution in [0.4, 0.5) is 5.69 Å². The van der Waals surface area contributed by atoms with E-state index in [2.05, 4.69) is 10.1 Å². The normalized spacial score (nSPS) is 16.8. The van der Waals surface area contributed by atoms with E-state index in [0.717, 1.165) is 13.2 Å². The maximum absolute atomic E-state index is 12.2. The molecule has 1 aliphatic heterocycles. The highest BCUT2D eigenvalue weighted by Gasteiger charge is 2.36. The Balaban J connectivity index is 2.78. The maximum Gasteiger partial charge on any atom is 0.337 e. The van der Waals surface area contributed by atoms with Crippen LogP contribution in [0.1, 0.15) is 18.4 Å². The van der Waals surface area contributed by atoms with E-state index in [0.29, 0.717) is 0 Å². The van der Waals surface area contributed by atoms with E-state index < -0.39 is 22.8 Å². The van der Waals surface area contributed by atoms with Gasteiger partial charge in [0.05, 0.1) is 23.6 Å². The maximum atomic E-state index is 12.2. The lowest BCUT2D eigenvalue weighted by molar-refractivity contribution is -0.384. The van der Waals surface area contributed by atoms with Gasteiger partial charge in [0.25, 0.3) is 5.69 Å². The number of nitriles is 1. The van der Waals surface area contributed by atoms with Gasteiger partial charge < -0.3 is 20.0 Å². The zero-order chi connectivity index (χ0) is 18.7. The number of nitro groups is 1. The Bertz CT molecular complexity index is 878. The van der Waals surface area contributed by atoms with Crippen LogP contribution in [0.25, 0.3) is 0 Å². The van der Waals surface area contributed by atoms with Crippen molar-refractivity contribution in [2.75, 3.05) is 7.11 Å². The van der Waals surface area contributed by atoms with E-state index in [4.69, 9.17) is 0 Å². The molecule has 0 bridgehead atoms. The first-order chi connectivity index (χ1) is 11.8. The topological polar surface area (TPSA) is 145 Å². The van der Waals surface area contributed by atoms with E-state index in [1.807, 2.05) is 0 Å². The third-order valence-electron chi connectivity index (χ3n) is 3.71. The molecule has 9 nitrogen and oxygen atoms in total. The number of carbonyl (C=O) groups excluding carboxylic acids is 2. The molecule has 25 heavy (non-hydrogen) atoms. The molecule has 1 aromatic rings. The summed E-state index contributed by atoms with van der Waals surface area (Å²) < 4.78 is 4.66. The van der Waals surface area contributed by atoms with E-state index in [9.17, 15) is 30.1 Å². The molecule has 128 valence electrons. The Morgan fingerprint density at radius 3 is 2.56 bits per heavy atom. The minimum atomic E-state index is -1.57. The van der Waals surface area contributed by atoms with Crippen LogP contribution in [0.5, 0.6) is 0 Å². The number of non-ortho nitro benzene ring substituents is 1. The van der Waals surface area contributed by atoms with Crippen LogP contribution in [-0.2, 0) is 14.3 Å². The first-order valence-corrected chi connectivity index (χ1v) is 6.97. The van der Waals surface area contributed by atoms with Gasteiger partial charge in [0.2, 0.25) is 0 Å². The number of hydrogen-bond acceptors (Lipinski definition) is 8. The Hall–Kier alpha value is -3.67. The molecule has 1 aromatic carbocycles. The number of carbonyl (C=O) groups is 2. The summed E-state index contributed by atoms with van der Waals surface area (Å²) in [5.74, 6) is -3.74. The zero-order valence-electron chi connectivity index (χ0n) is 13.2. The Morgan fingerprint density at radius 1 is 1.36 bits per heavy atom. The third-order valence-corrected chi connectivity index (χ3v) is 3.71. The van der Waals surface area contributed by atoms with Crippen molar-refractivity contribution in [3.8, 4) is 6.07 Å². The lowest BCUT2D eigenvalue weighted by atomic mass is 9.80. The molecular formula is C16H12N3O6-. The number of hydrogen-bond donors (Lipinski definition) is 1. The summed E-state index contributed by atoms with van der Waals surface area (Å²) in [4.78, 5) is 34.1. The first kappa shape index (κ1) is 17.7. The van der Waals surface area contributed by atoms with Gasteiger partial charge in [-0.05, 0) is 12.5 Å². The van der Waals surface area contributed by atoms with Crippen molar-refractivity contribution >= 4 is 17.6 Å². The molecule has 9 heteroatoms. The zero-order valence-corrected chi connectivity index (χ0v) is 13.2. The number of nitrogens with one attached hydrogen (secondary N) is 1. The van der Waals surface area contributed by atoms with E-state index in [1.54, 1.807) is 6.07 Å². The first-order valence-electron chi connectivity index (χ1n) is 6.97. The Morgan fingerprint density at radius 2 is 2.04 bits per heavy atom. The van der Waals surface area contributed by atoms with Crippen LogP contribution >= 0.6 is 0 Å². The van der Waals surface area contributed by atoms with Crippen molar-refractivity contribution in [2.45, 2.75) is 12.8 Å². The van der Waals surface area contributed by atoms with Crippen LogP contribution in [0.3, 0.4) is 0 Å². The van der Waals surface area contributed by atoms with E-state index in [1.165, 1.54) is 25.1 Å². The second-order valence-corrected chi connectivity index (χ2v) is 5.13. The number of nitro benzene ring substituents is 1. The molecule has 0 saturated heterocycles. The highest BCUT2D eigenvalue weighted by atomic mass is 16.6. The quantitative estimate of drug-likeness (QED) is 0.465. The summed E-state index contributed by atoms with van der Waals surface area (Å²) in [5.41, 5.74) is -0.779. The number of carboxylic acid groups (broad SMARTS) is 1. The molecule has 1 unspecified atom stereocenters. The molecule has 1 heterocycles. The largest absolute Gasteiger partial charge is 0.545 e. The molecule has 0 saturated carbocycles. The van der Waals surface area contributed by atoms with Gasteiger partial charge in [-0.15, -0.1) is 0 Å². The van der Waals surface area contributed by atoms with Gasteiger partial charge in [-0.2, -0.15) is 5.26 Å². The fraction of sp³-hybridized carbons (Fsp3) is 0.188. The lowest BCUT2D eigenvalue weighted by Crippen LogP contribution is -2.37. The van der Waals surface area contributed by atoms with Gasteiger partial charge in [-0.3, -0.25) is 10.1 Å². The second-order valence-electron chi connectivity index (χ2n) is 5.13. The van der Waals surface area contributed by atoms with Crippen molar-refractivity contribution in [1.29, 1.82) is 5.26 Å². The molecular weight excluding hydrogens is 330 g/mol. The summed E-state index contributed by atoms with van der Waals surface area (Å²) >= 11 is 0. The van der Waals surface area contributed by atoms with Crippen molar-refractivity contribution in [3.63, 3.8) is 0 Å². The molecule has 1 aliphatic rings. The van der Waals surface area contributed by atoms with Crippen molar-refractivity contribution < 1.29 is 24.4 Å². The summed E-state index contributed by atoms with van der Waals surface area (Å²) in [6, 6.07) is 6.94. The highest BCUT2D eigenvalue weighted by molar-refractivity contribution is 5.99. The van der Waals surface area contributed by atoms with Crippen LogP contribution in [0.15, 0.2) is 46.8 Å². The van der Waals surface area contributed by atoms with Gasteiger partial charge in [-0.1, -0.05) is 12.1 Å². The average Bonchev–Trinajstić information content (AvgIpc) is 2.59. The third kappa shape index (κ3) is 3.18. The number of nitrogens with zero attached hydrogens (tertiary/aromatic N) is 2. The molecule has 0 amide bonds. The molecule has 0 radical (unpaired) electrons. The van der Waals surface area contributed by atoms with Crippen molar-refractivity contribution in [3.05, 3.63) is 62.5 Å². The van der Waals surface area contributed by atoms with Gasteiger partial charge >= 0.3 is 5.97 Å². The molecule has 0 aromatic heterocycles. The standard InChI is InChI=1S/C16H13N3O6/c1-8-12(15(20)21)13(9-4-3-5-10(6-9)19(23)24)14(16(22)25-2)11(7-17)18-8/h3-6,13,18H,1-2H3,(H,20,21)/p-1. The minimum absolute atomic E-state index is 0.0979. The average molecular weight is 342 g/mol. The monoisotopic (exact) mass is 342 g/mol. The van der Waals surface area contributed by atoms with Crippen LogP contribution in [0.2, 0.25) is 0 Å². The number of esters is 1. The molecule has 0 aliphatic carbocycles. The van der Waals surface area contributed by atoms with Crippen molar-refractivity contribution in [1.82, 2.24) is 5.32 Å². The van der Waals surface area contributed by atoms with E-state index >= 15 is 0 Å². The van der Waals surface area contributed by atoms with Crippen LogP contribution in [-0.4, -0.2) is 24.0 Å². The number of ether oxygens (including phenoxy) is 1. The number of methoxy groups -OCH3 is 1. The van der Waals surface area contributed by atoms with Gasteiger partial charge in [0.1, 0.15) is 11.8 Å². The number of benzene rings is 1. The van der Waals surface area contributed by atoms with Gasteiger partial charge in [0, 0.05) is 29.3 Å². The minimum Gasteiger partial charge on any atom is -0.545 e. The molecule has 2 rings (SSSR count). The number of dihydropyridines is 1. The number of aliphatic carboxylic acids is 1. The predicted molar refractivity (Wildman–Crippen MR) is 81.3 cm³/mol. The number of carboxylic acids is 1. The number of rotatable bonds is 4. The summed E-state index contributed by atoms with van der Waals surface area (Å²) in [6.07, 6.45) is 0. The summed E-state index contributed by atoms with van der Waals surface area (Å²) in [7, 11) is 1.08. The van der Waals surface area contributed by atoms with Gasteiger partial charge in [-0.25, -0.2) is 4.79 Å². The fourth-order valence-electron chi connectivity index (χ4n) is 2.67. The van der Waals surface area contributed by atoms with Crippen LogP contribution < -0.4 is 10.4 Å². The second kappa shape index (κ2) is 6.84. The van der Waals surface area contributed by atoms with E-state index in [-0.39, 0.29) is 33.8 Å². The number of allylic oxidation sites excluding steroid dienone is 2. The Kier molecular flexibility index (Phi) is 4.84. The Labute approximate surface area is 142 Å². The predicted octanol–water partition coefficient (Wildman–Crippen LogP) is 0.256. The summed E-state index contributed by atoms with van der Waals surface area (Å²) in [6.45, 7) is 1.40. The summed E-state index contributed by atoms with van der Waals surface area (Å²) in [5, 5.41) is 34.4.